The van der Waals surface area contributed by atoms with Crippen molar-refractivity contribution in [3.05, 3.63) is 40.3 Å². The second-order valence-corrected chi connectivity index (χ2v) is 6.74. The van der Waals surface area contributed by atoms with Crippen LogP contribution in [0, 0.1) is 0 Å². The molecule has 0 saturated carbocycles. The standard InChI is InChI=1S/C7H6Cl2N3O2P/c8-15(9,13)14-7-3-1-6(2-4-7)5-11-12-10/h1-4H,5H2. The molecule has 0 unspecified atom stereocenters. The minimum Gasteiger partial charge on any atom is -0.422 e. The van der Waals surface area contributed by atoms with E-state index in [-0.39, 0.29) is 6.54 Å². The number of benzene rings is 1. The Morgan fingerprint density at radius 1 is 1.40 bits per heavy atom. The summed E-state index contributed by atoms with van der Waals surface area (Å²) in [5, 5.41) is 3.38. The van der Waals surface area contributed by atoms with Crippen LogP contribution in [0.15, 0.2) is 29.4 Å². The quantitative estimate of drug-likeness (QED) is 0.349. The molecule has 8 heteroatoms. The molecule has 0 radical (unpaired) electrons. The van der Waals surface area contributed by atoms with Crippen LogP contribution in [0.2, 0.25) is 0 Å². The number of rotatable bonds is 4. The van der Waals surface area contributed by atoms with Crippen molar-refractivity contribution in [3.63, 3.8) is 0 Å². The van der Waals surface area contributed by atoms with Crippen molar-refractivity contribution in [2.24, 2.45) is 5.11 Å². The van der Waals surface area contributed by atoms with Gasteiger partial charge in [0.05, 0.1) is 6.54 Å². The molecule has 1 rings (SSSR count). The topological polar surface area (TPSA) is 75.1 Å². The fourth-order valence-electron chi connectivity index (χ4n) is 0.892. The van der Waals surface area contributed by atoms with Crippen molar-refractivity contribution in [1.82, 2.24) is 0 Å². The number of nitrogens with zero attached hydrogens (tertiary/aromatic N) is 3. The zero-order chi connectivity index (χ0) is 11.3. The first kappa shape index (κ1) is 12.2. The van der Waals surface area contributed by atoms with E-state index >= 15 is 0 Å². The van der Waals surface area contributed by atoms with Gasteiger partial charge in [0.15, 0.2) is 0 Å². The number of hydrogen-bond donors (Lipinski definition) is 0. The molecule has 0 atom stereocenters. The van der Waals surface area contributed by atoms with E-state index in [1.807, 2.05) is 0 Å². The average Bonchev–Trinajstić information content (AvgIpc) is 2.14. The van der Waals surface area contributed by atoms with Gasteiger partial charge in [-0.15, -0.1) is 0 Å². The van der Waals surface area contributed by atoms with E-state index in [1.54, 1.807) is 24.3 Å². The van der Waals surface area contributed by atoms with E-state index < -0.39 is 6.07 Å². The third-order valence-corrected chi connectivity index (χ3v) is 2.29. The Morgan fingerprint density at radius 2 is 2.00 bits per heavy atom. The highest BCUT2D eigenvalue weighted by molar-refractivity contribution is 8.05. The first-order chi connectivity index (χ1) is 7.01. The highest BCUT2D eigenvalue weighted by atomic mass is 35.9. The predicted molar refractivity (Wildman–Crippen MR) is 59.2 cm³/mol. The molecule has 0 fully saturated rings. The molecule has 0 saturated heterocycles. The molecule has 1 aromatic carbocycles. The minimum absolute atomic E-state index is 0.246. The Bertz CT molecular complexity index is 424. The van der Waals surface area contributed by atoms with Crippen molar-refractivity contribution >= 4 is 28.6 Å². The summed E-state index contributed by atoms with van der Waals surface area (Å²) in [5.41, 5.74) is 8.90. The van der Waals surface area contributed by atoms with Gasteiger partial charge in [-0.1, -0.05) is 17.2 Å². The lowest BCUT2D eigenvalue weighted by atomic mass is 10.2. The predicted octanol–water partition coefficient (Wildman–Crippen LogP) is 4.46. The van der Waals surface area contributed by atoms with Crippen LogP contribution >= 0.6 is 28.6 Å². The fourth-order valence-corrected chi connectivity index (χ4v) is 1.74. The third-order valence-electron chi connectivity index (χ3n) is 1.45. The number of azide groups is 1. The van der Waals surface area contributed by atoms with Crippen molar-refractivity contribution < 1.29 is 9.09 Å². The van der Waals surface area contributed by atoms with Crippen molar-refractivity contribution in [2.75, 3.05) is 0 Å². The lowest BCUT2D eigenvalue weighted by molar-refractivity contribution is 0.513. The highest BCUT2D eigenvalue weighted by Crippen LogP contribution is 2.57. The zero-order valence-corrected chi connectivity index (χ0v) is 9.78. The van der Waals surface area contributed by atoms with Gasteiger partial charge >= 0.3 is 6.07 Å². The molecular formula is C7H6Cl2N3O2P. The lowest BCUT2D eigenvalue weighted by Gasteiger charge is -2.05. The maximum absolute atomic E-state index is 10.9. The minimum atomic E-state index is -3.56. The highest BCUT2D eigenvalue weighted by Gasteiger charge is 2.15. The van der Waals surface area contributed by atoms with Gasteiger partial charge in [0.25, 0.3) is 0 Å². The summed E-state index contributed by atoms with van der Waals surface area (Å²) in [4.78, 5) is 2.62. The van der Waals surface area contributed by atoms with Crippen molar-refractivity contribution in [3.8, 4) is 5.75 Å². The summed E-state index contributed by atoms with van der Waals surface area (Å²) in [6, 6.07) is 6.40. The molecule has 0 aliphatic carbocycles. The van der Waals surface area contributed by atoms with Gasteiger partial charge in [0.2, 0.25) is 0 Å². The lowest BCUT2D eigenvalue weighted by Crippen LogP contribution is -1.83. The molecule has 0 bridgehead atoms. The monoisotopic (exact) mass is 265 g/mol. The van der Waals surface area contributed by atoms with Gasteiger partial charge in [-0.3, -0.25) is 0 Å². The second kappa shape index (κ2) is 5.29. The summed E-state index contributed by atoms with van der Waals surface area (Å²) >= 11 is 10.4. The van der Waals surface area contributed by atoms with Crippen LogP contribution in [-0.4, -0.2) is 0 Å². The van der Waals surface area contributed by atoms with E-state index in [9.17, 15) is 4.57 Å². The van der Waals surface area contributed by atoms with E-state index in [2.05, 4.69) is 10.0 Å². The van der Waals surface area contributed by atoms with E-state index in [0.29, 0.717) is 5.75 Å². The van der Waals surface area contributed by atoms with Crippen LogP contribution in [0.25, 0.3) is 10.4 Å². The van der Waals surface area contributed by atoms with E-state index in [0.717, 1.165) is 5.56 Å². The van der Waals surface area contributed by atoms with Crippen LogP contribution in [0.3, 0.4) is 0 Å². The molecule has 0 spiro atoms. The Kier molecular flexibility index (Phi) is 4.30. The van der Waals surface area contributed by atoms with Gasteiger partial charge in [-0.25, -0.2) is 4.57 Å². The summed E-state index contributed by atoms with van der Waals surface area (Å²) in [6.45, 7) is 0.246. The summed E-state index contributed by atoms with van der Waals surface area (Å²) in [6.07, 6.45) is -3.56. The summed E-state index contributed by atoms with van der Waals surface area (Å²) in [7, 11) is 0. The van der Waals surface area contributed by atoms with Crippen LogP contribution in [0.1, 0.15) is 5.56 Å². The van der Waals surface area contributed by atoms with Gasteiger partial charge in [-0.2, -0.15) is 0 Å². The summed E-state index contributed by atoms with van der Waals surface area (Å²) in [5.74, 6) is 0.299. The van der Waals surface area contributed by atoms with Gasteiger partial charge in [0, 0.05) is 27.4 Å². The maximum Gasteiger partial charge on any atom is 0.428 e. The van der Waals surface area contributed by atoms with Crippen molar-refractivity contribution in [2.45, 2.75) is 6.54 Å². The SMILES string of the molecule is [N-]=[N+]=NCc1ccc(OP(=O)(Cl)Cl)cc1. The zero-order valence-electron chi connectivity index (χ0n) is 7.38. The molecule has 5 nitrogen and oxygen atoms in total. The van der Waals surface area contributed by atoms with E-state index in [1.165, 1.54) is 0 Å². The molecule has 0 aliphatic heterocycles. The molecule has 1 aromatic rings. The first-order valence-corrected chi connectivity index (χ1v) is 7.23. The average molecular weight is 266 g/mol. The normalized spacial score (nSPS) is 10.5. The first-order valence-electron chi connectivity index (χ1n) is 3.80. The van der Waals surface area contributed by atoms with Gasteiger partial charge < -0.3 is 4.52 Å². The Hall–Kier alpha value is -0.860. The number of hydrogen-bond acceptors (Lipinski definition) is 3. The van der Waals surface area contributed by atoms with Gasteiger partial charge in [0.1, 0.15) is 5.75 Å². The molecule has 15 heavy (non-hydrogen) atoms. The largest absolute Gasteiger partial charge is 0.428 e. The van der Waals surface area contributed by atoms with Crippen LogP contribution in [0.4, 0.5) is 0 Å². The fraction of sp³-hybridized carbons (Fsp3) is 0.143. The maximum atomic E-state index is 10.9. The van der Waals surface area contributed by atoms with Crippen molar-refractivity contribution in [1.29, 1.82) is 0 Å². The molecule has 80 valence electrons. The Balaban J connectivity index is 2.72. The number of halogens is 2. The molecule has 0 heterocycles. The second-order valence-electron chi connectivity index (χ2n) is 2.54. The van der Waals surface area contributed by atoms with E-state index in [4.69, 9.17) is 32.5 Å². The molecule has 0 amide bonds. The van der Waals surface area contributed by atoms with Gasteiger partial charge in [-0.05, 0) is 23.2 Å². The van der Waals surface area contributed by atoms with Crippen LogP contribution in [0.5, 0.6) is 5.75 Å². The smallest absolute Gasteiger partial charge is 0.422 e. The molecule has 0 aliphatic rings. The summed E-state index contributed by atoms with van der Waals surface area (Å²) < 4.78 is 15.6. The molecule has 0 N–H and O–H groups in total. The van der Waals surface area contributed by atoms with Crippen LogP contribution in [-0.2, 0) is 11.1 Å². The van der Waals surface area contributed by atoms with Crippen LogP contribution < -0.4 is 4.52 Å². The Labute approximate surface area is 95.6 Å². The molecular weight excluding hydrogens is 260 g/mol. The molecule has 0 aromatic heterocycles. The third kappa shape index (κ3) is 4.96. The Morgan fingerprint density at radius 3 is 2.47 bits per heavy atom.